The number of aromatic nitrogens is 2. The fraction of sp³-hybridized carbons (Fsp3) is 0.444. The van der Waals surface area contributed by atoms with E-state index in [9.17, 15) is 22.8 Å². The number of amides is 1. The third-order valence-electron chi connectivity index (χ3n) is 1.96. The molecule has 0 radical (unpaired) electrons. The number of aromatic amines is 1. The summed E-state index contributed by atoms with van der Waals surface area (Å²) in [5, 5.41) is -0.307. The summed E-state index contributed by atoms with van der Waals surface area (Å²) in [5.74, 6) is -0.729. The lowest BCUT2D eigenvalue weighted by Crippen LogP contribution is -2.35. The van der Waals surface area contributed by atoms with Crippen LogP contribution in [0.5, 0.6) is 0 Å². The van der Waals surface area contributed by atoms with Crippen LogP contribution in [-0.2, 0) is 11.0 Å². The van der Waals surface area contributed by atoms with E-state index in [0.29, 0.717) is 17.8 Å². The summed E-state index contributed by atoms with van der Waals surface area (Å²) >= 11 is 0.657. The predicted octanol–water partition coefficient (Wildman–Crippen LogP) is 1.14. The number of nitrogens with zero attached hydrogens (tertiary/aromatic N) is 1. The zero-order chi connectivity index (χ0) is 14.1. The zero-order valence-electron chi connectivity index (χ0n) is 9.46. The van der Waals surface area contributed by atoms with Crippen molar-refractivity contribution in [2.45, 2.75) is 29.9 Å². The van der Waals surface area contributed by atoms with Gasteiger partial charge in [0.05, 0.1) is 4.75 Å². The van der Waals surface area contributed by atoms with Crippen molar-refractivity contribution in [1.82, 2.24) is 9.97 Å². The van der Waals surface area contributed by atoms with E-state index in [0.717, 1.165) is 0 Å². The summed E-state index contributed by atoms with van der Waals surface area (Å²) in [5.41, 5.74) is 2.82. The van der Waals surface area contributed by atoms with Crippen molar-refractivity contribution < 1.29 is 18.0 Å². The molecule has 0 saturated carbocycles. The van der Waals surface area contributed by atoms with Crippen LogP contribution < -0.4 is 11.3 Å². The van der Waals surface area contributed by atoms with Gasteiger partial charge in [0, 0.05) is 6.07 Å². The summed E-state index contributed by atoms with van der Waals surface area (Å²) in [6.45, 7) is 2.83. The molecule has 0 bridgehead atoms. The van der Waals surface area contributed by atoms with E-state index in [1.807, 2.05) is 0 Å². The Morgan fingerprint density at radius 1 is 1.44 bits per heavy atom. The smallest absolute Gasteiger partial charge is 0.368 e. The highest BCUT2D eigenvalue weighted by Gasteiger charge is 2.34. The quantitative estimate of drug-likeness (QED) is 0.642. The maximum atomic E-state index is 12.4. The summed E-state index contributed by atoms with van der Waals surface area (Å²) in [7, 11) is 0. The number of primary amides is 1. The first-order valence-electron chi connectivity index (χ1n) is 4.70. The number of carbonyl (C=O) groups excluding carboxylic acids is 1. The molecule has 1 aromatic rings. The van der Waals surface area contributed by atoms with Gasteiger partial charge in [0.15, 0.2) is 10.9 Å². The molecule has 1 rings (SSSR count). The number of H-pyrrole nitrogens is 1. The van der Waals surface area contributed by atoms with Crippen molar-refractivity contribution in [3.8, 4) is 0 Å². The fourth-order valence-corrected chi connectivity index (χ4v) is 1.80. The third kappa shape index (κ3) is 3.49. The number of carbonyl (C=O) groups is 1. The Bertz CT molecular complexity index is 525. The predicted molar refractivity (Wildman–Crippen MR) is 59.0 cm³/mol. The summed E-state index contributed by atoms with van der Waals surface area (Å²) in [4.78, 5) is 27.5. The average molecular weight is 281 g/mol. The molecule has 18 heavy (non-hydrogen) atoms. The summed E-state index contributed by atoms with van der Waals surface area (Å²) in [6, 6.07) is 0.349. The maximum Gasteiger partial charge on any atom is 0.433 e. The van der Waals surface area contributed by atoms with Crippen LogP contribution in [0.3, 0.4) is 0 Å². The lowest BCUT2D eigenvalue weighted by molar-refractivity contribution is -0.141. The molecule has 0 saturated heterocycles. The highest BCUT2D eigenvalue weighted by molar-refractivity contribution is 8.01. The number of thioether (sulfide) groups is 1. The molecule has 0 aliphatic rings. The van der Waals surface area contributed by atoms with Crippen LogP contribution in [-0.4, -0.2) is 20.6 Å². The Kier molecular flexibility index (Phi) is 3.75. The van der Waals surface area contributed by atoms with E-state index in [4.69, 9.17) is 5.73 Å². The van der Waals surface area contributed by atoms with Crippen molar-refractivity contribution in [3.05, 3.63) is 22.1 Å². The Hall–Kier alpha value is -1.51. The van der Waals surface area contributed by atoms with Gasteiger partial charge < -0.3 is 10.7 Å². The molecule has 100 valence electrons. The first kappa shape index (κ1) is 14.6. The Morgan fingerprint density at radius 2 is 2.00 bits per heavy atom. The van der Waals surface area contributed by atoms with E-state index in [1.165, 1.54) is 13.8 Å². The van der Waals surface area contributed by atoms with Crippen LogP contribution in [0.4, 0.5) is 13.2 Å². The van der Waals surface area contributed by atoms with Gasteiger partial charge in [-0.3, -0.25) is 9.59 Å². The molecular weight excluding hydrogens is 271 g/mol. The van der Waals surface area contributed by atoms with Gasteiger partial charge in [-0.2, -0.15) is 13.2 Å². The average Bonchev–Trinajstić information content (AvgIpc) is 2.13. The van der Waals surface area contributed by atoms with Gasteiger partial charge in [-0.1, -0.05) is 11.8 Å². The van der Waals surface area contributed by atoms with Gasteiger partial charge in [0.2, 0.25) is 5.91 Å². The van der Waals surface area contributed by atoms with Crippen molar-refractivity contribution in [1.29, 1.82) is 0 Å². The Labute approximate surface area is 104 Å². The second kappa shape index (κ2) is 4.63. The molecule has 9 heteroatoms. The summed E-state index contributed by atoms with van der Waals surface area (Å²) in [6.07, 6.45) is -4.72. The van der Waals surface area contributed by atoms with Gasteiger partial charge in [-0.15, -0.1) is 0 Å². The molecule has 3 N–H and O–H groups in total. The number of hydrogen-bond acceptors (Lipinski definition) is 4. The van der Waals surface area contributed by atoms with E-state index in [2.05, 4.69) is 9.97 Å². The molecular formula is C9H10F3N3O2S. The second-order valence-electron chi connectivity index (χ2n) is 3.91. The van der Waals surface area contributed by atoms with Crippen LogP contribution in [0.15, 0.2) is 16.0 Å². The highest BCUT2D eigenvalue weighted by atomic mass is 32.2. The van der Waals surface area contributed by atoms with Crippen molar-refractivity contribution >= 4 is 17.7 Å². The van der Waals surface area contributed by atoms with E-state index >= 15 is 0 Å². The molecule has 0 aliphatic heterocycles. The lowest BCUT2D eigenvalue weighted by Gasteiger charge is -2.18. The van der Waals surface area contributed by atoms with E-state index in [1.54, 1.807) is 0 Å². The molecule has 1 amide bonds. The molecule has 0 atom stereocenters. The number of rotatable bonds is 3. The lowest BCUT2D eigenvalue weighted by atomic mass is 10.2. The zero-order valence-corrected chi connectivity index (χ0v) is 10.3. The fourth-order valence-electron chi connectivity index (χ4n) is 0.921. The summed E-state index contributed by atoms with van der Waals surface area (Å²) < 4.78 is 36.1. The molecule has 1 aromatic heterocycles. The highest BCUT2D eigenvalue weighted by Crippen LogP contribution is 2.32. The van der Waals surface area contributed by atoms with Crippen LogP contribution >= 0.6 is 11.8 Å². The Morgan fingerprint density at radius 3 is 2.44 bits per heavy atom. The maximum absolute atomic E-state index is 12.4. The first-order valence-corrected chi connectivity index (χ1v) is 5.51. The van der Waals surface area contributed by atoms with Crippen molar-refractivity contribution in [3.63, 3.8) is 0 Å². The molecule has 0 aliphatic carbocycles. The minimum absolute atomic E-state index is 0.307. The normalized spacial score (nSPS) is 12.5. The van der Waals surface area contributed by atoms with Gasteiger partial charge >= 0.3 is 6.18 Å². The SMILES string of the molecule is CC(C)(Sc1nc(C(F)(F)F)cc(=O)[nH]1)C(N)=O. The second-order valence-corrected chi connectivity index (χ2v) is 5.52. The minimum Gasteiger partial charge on any atom is -0.368 e. The number of alkyl halides is 3. The van der Waals surface area contributed by atoms with Gasteiger partial charge in [0.25, 0.3) is 5.56 Å². The minimum atomic E-state index is -4.72. The van der Waals surface area contributed by atoms with Gasteiger partial charge in [-0.25, -0.2) is 4.98 Å². The molecule has 1 heterocycles. The van der Waals surface area contributed by atoms with E-state index < -0.39 is 28.1 Å². The topological polar surface area (TPSA) is 88.8 Å². The van der Waals surface area contributed by atoms with Crippen molar-refractivity contribution in [2.75, 3.05) is 0 Å². The largest absolute Gasteiger partial charge is 0.433 e. The van der Waals surface area contributed by atoms with Crippen molar-refractivity contribution in [2.24, 2.45) is 5.73 Å². The number of halogens is 3. The number of nitrogens with one attached hydrogen (secondary N) is 1. The molecule has 0 unspecified atom stereocenters. The van der Waals surface area contributed by atoms with Crippen LogP contribution in [0.1, 0.15) is 19.5 Å². The Balaban J connectivity index is 3.16. The van der Waals surface area contributed by atoms with Gasteiger partial charge in [0.1, 0.15) is 0 Å². The molecule has 0 spiro atoms. The molecule has 5 nitrogen and oxygen atoms in total. The monoisotopic (exact) mass is 281 g/mol. The standard InChI is InChI=1S/C9H10F3N3O2S/c1-8(2,6(13)17)18-7-14-4(9(10,11)12)3-5(16)15-7/h3H,1-2H3,(H2,13,17)(H,14,15,16). The number of hydrogen-bond donors (Lipinski definition) is 2. The van der Waals surface area contributed by atoms with E-state index in [-0.39, 0.29) is 5.16 Å². The van der Waals surface area contributed by atoms with Crippen LogP contribution in [0, 0.1) is 0 Å². The molecule has 0 fully saturated rings. The number of nitrogens with two attached hydrogens (primary N) is 1. The third-order valence-corrected chi connectivity index (χ3v) is 3.05. The van der Waals surface area contributed by atoms with Crippen LogP contribution in [0.25, 0.3) is 0 Å². The first-order chi connectivity index (χ1) is 8.02. The van der Waals surface area contributed by atoms with Crippen LogP contribution in [0.2, 0.25) is 0 Å². The molecule has 0 aromatic carbocycles. The van der Waals surface area contributed by atoms with Gasteiger partial charge in [-0.05, 0) is 13.8 Å².